The molecule has 3 aromatic rings. The minimum absolute atomic E-state index is 0.0408. The van der Waals surface area contributed by atoms with Crippen molar-refractivity contribution in [3.8, 4) is 11.8 Å². The Morgan fingerprint density at radius 2 is 1.71 bits per heavy atom. The number of benzene rings is 2. The molecular weight excluding hydrogens is 553 g/mol. The van der Waals surface area contributed by atoms with E-state index in [0.29, 0.717) is 50.4 Å². The van der Waals surface area contributed by atoms with Gasteiger partial charge in [-0.15, -0.1) is 0 Å². The van der Waals surface area contributed by atoms with Gasteiger partial charge in [0.15, 0.2) is 6.61 Å². The van der Waals surface area contributed by atoms with E-state index >= 15 is 0 Å². The molecule has 2 N–H and O–H groups in total. The number of nitrogens with one attached hydrogen (secondary N) is 2. The maximum atomic E-state index is 12.8. The Bertz CT molecular complexity index is 1340. The van der Waals surface area contributed by atoms with Gasteiger partial charge in [-0.1, -0.05) is 31.2 Å². The summed E-state index contributed by atoms with van der Waals surface area (Å²) < 4.78 is 49.0. The van der Waals surface area contributed by atoms with Crippen LogP contribution in [0.15, 0.2) is 48.5 Å². The molecule has 42 heavy (non-hydrogen) atoms. The summed E-state index contributed by atoms with van der Waals surface area (Å²) in [5, 5.41) is 5.90. The Kier molecular flexibility index (Phi) is 10.5. The second-order valence-corrected chi connectivity index (χ2v) is 9.68. The van der Waals surface area contributed by atoms with Crippen molar-refractivity contribution < 1.29 is 32.2 Å². The SMILES string of the molecule is CCC(=O)N1CCCCNC(=O)c2ccc(cc2)Cc2nc(nc(OCC(F)(F)F)n2)NCc2ccc(cc2)OCC1. The van der Waals surface area contributed by atoms with Crippen LogP contribution in [0.1, 0.15) is 53.5 Å². The van der Waals surface area contributed by atoms with Crippen LogP contribution >= 0.6 is 0 Å². The summed E-state index contributed by atoms with van der Waals surface area (Å²) in [7, 11) is 0. The smallest absolute Gasteiger partial charge is 0.422 e. The molecule has 13 heteroatoms. The number of rotatable bonds is 3. The number of hydrogen-bond donors (Lipinski definition) is 2. The minimum atomic E-state index is -4.55. The van der Waals surface area contributed by atoms with Crippen LogP contribution in [0.2, 0.25) is 0 Å². The first-order chi connectivity index (χ1) is 20.2. The minimum Gasteiger partial charge on any atom is -0.492 e. The maximum Gasteiger partial charge on any atom is 0.422 e. The lowest BCUT2D eigenvalue weighted by Crippen LogP contribution is -2.35. The van der Waals surface area contributed by atoms with Gasteiger partial charge in [-0.3, -0.25) is 9.59 Å². The van der Waals surface area contributed by atoms with E-state index in [1.165, 1.54) is 0 Å². The number of carbonyl (C=O) groups is 2. The zero-order valence-electron chi connectivity index (χ0n) is 23.2. The molecule has 4 aliphatic heterocycles. The van der Waals surface area contributed by atoms with Crippen LogP contribution in [0.3, 0.4) is 0 Å². The van der Waals surface area contributed by atoms with Crippen molar-refractivity contribution in [2.75, 3.05) is 38.2 Å². The third kappa shape index (κ3) is 9.60. The van der Waals surface area contributed by atoms with E-state index in [2.05, 4.69) is 25.6 Å². The third-order valence-electron chi connectivity index (χ3n) is 6.40. The van der Waals surface area contributed by atoms with Gasteiger partial charge in [0.2, 0.25) is 11.9 Å². The molecule has 224 valence electrons. The summed E-state index contributed by atoms with van der Waals surface area (Å²) in [6.45, 7) is 2.36. The lowest BCUT2D eigenvalue weighted by molar-refractivity contribution is -0.154. The second-order valence-electron chi connectivity index (χ2n) is 9.68. The van der Waals surface area contributed by atoms with Crippen LogP contribution < -0.4 is 20.1 Å². The first kappa shape index (κ1) is 30.5. The molecule has 0 radical (unpaired) electrons. The monoisotopic (exact) mass is 586 g/mol. The van der Waals surface area contributed by atoms with Crippen LogP contribution in [-0.4, -0.2) is 70.7 Å². The first-order valence-electron chi connectivity index (χ1n) is 13.7. The molecular formula is C29H33F3N6O4. The van der Waals surface area contributed by atoms with E-state index in [4.69, 9.17) is 9.47 Å². The topological polar surface area (TPSA) is 119 Å². The van der Waals surface area contributed by atoms with Gasteiger partial charge in [0.1, 0.15) is 18.2 Å². The van der Waals surface area contributed by atoms with Crippen LogP contribution in [0, 0.1) is 0 Å². The van der Waals surface area contributed by atoms with Crippen molar-refractivity contribution in [2.45, 2.75) is 45.3 Å². The average Bonchev–Trinajstić information content (AvgIpc) is 2.97. The molecule has 1 aromatic heterocycles. The fourth-order valence-electron chi connectivity index (χ4n) is 4.20. The van der Waals surface area contributed by atoms with Gasteiger partial charge >= 0.3 is 12.2 Å². The maximum absolute atomic E-state index is 12.8. The fraction of sp³-hybridized carbons (Fsp3) is 0.414. The number of carbonyl (C=O) groups excluding carboxylic acids is 2. The molecule has 0 aliphatic carbocycles. The van der Waals surface area contributed by atoms with Gasteiger partial charge in [-0.25, -0.2) is 0 Å². The first-order valence-corrected chi connectivity index (χ1v) is 13.7. The Labute approximate surface area is 241 Å². The van der Waals surface area contributed by atoms with Gasteiger partial charge in [0.25, 0.3) is 5.91 Å². The Morgan fingerprint density at radius 3 is 2.43 bits per heavy atom. The summed E-state index contributed by atoms with van der Waals surface area (Å²) in [4.78, 5) is 39.2. The quantitative estimate of drug-likeness (QED) is 0.470. The highest BCUT2D eigenvalue weighted by Crippen LogP contribution is 2.19. The Hall–Kier alpha value is -4.42. The number of ether oxygens (including phenoxy) is 2. The van der Waals surface area contributed by atoms with Crippen LogP contribution in [0.25, 0.3) is 0 Å². The molecule has 0 saturated carbocycles. The van der Waals surface area contributed by atoms with Crippen LogP contribution in [0.4, 0.5) is 19.1 Å². The summed E-state index contributed by atoms with van der Waals surface area (Å²) in [5.74, 6) is 0.709. The van der Waals surface area contributed by atoms with E-state index in [0.717, 1.165) is 17.5 Å². The molecule has 7 rings (SSSR count). The molecule has 2 aromatic carbocycles. The van der Waals surface area contributed by atoms with Crippen molar-refractivity contribution in [1.29, 1.82) is 0 Å². The normalized spacial score (nSPS) is 15.2. The van der Waals surface area contributed by atoms with Gasteiger partial charge in [-0.2, -0.15) is 28.1 Å². The standard InChI is InChI=1S/C29H33F3N6O4/c1-2-25(39)38-14-4-3-13-33-26(40)22-9-5-20(6-10-22)17-24-35-27(37-28(36-24)42-19-29(30,31)32)34-18-21-7-11-23(12-8-21)41-16-15-38/h5-12H,2-4,13-19H2,1H3,(H,33,40)(H,34,35,36,37). The molecule has 5 heterocycles. The molecule has 10 nitrogen and oxygen atoms in total. The summed E-state index contributed by atoms with van der Waals surface area (Å²) in [6, 6.07) is 13.6. The fourth-order valence-corrected chi connectivity index (χ4v) is 4.20. The van der Waals surface area contributed by atoms with Crippen LogP contribution in [0.5, 0.6) is 11.8 Å². The van der Waals surface area contributed by atoms with Gasteiger partial charge in [0.05, 0.1) is 6.54 Å². The molecule has 0 unspecified atom stereocenters. The van der Waals surface area contributed by atoms with Gasteiger partial charge in [0, 0.05) is 38.0 Å². The van der Waals surface area contributed by atoms with Crippen molar-refractivity contribution in [1.82, 2.24) is 25.2 Å². The number of hydrogen-bond acceptors (Lipinski definition) is 8. The van der Waals surface area contributed by atoms with Crippen molar-refractivity contribution in [3.05, 3.63) is 71.0 Å². The Morgan fingerprint density at radius 1 is 0.976 bits per heavy atom. The average molecular weight is 587 g/mol. The van der Waals surface area contributed by atoms with Crippen molar-refractivity contribution in [3.63, 3.8) is 0 Å². The zero-order valence-corrected chi connectivity index (χ0v) is 23.2. The van der Waals surface area contributed by atoms with Crippen LogP contribution in [-0.2, 0) is 17.8 Å². The number of alkyl halides is 3. The molecule has 0 spiro atoms. The van der Waals surface area contributed by atoms with Crippen molar-refractivity contribution >= 4 is 17.8 Å². The van der Waals surface area contributed by atoms with Gasteiger partial charge in [-0.05, 0) is 48.2 Å². The summed E-state index contributed by atoms with van der Waals surface area (Å²) in [6.07, 6.45) is -2.54. The lowest BCUT2D eigenvalue weighted by Gasteiger charge is -2.22. The predicted octanol–water partition coefficient (Wildman–Crippen LogP) is 4.16. The van der Waals surface area contributed by atoms with E-state index in [1.54, 1.807) is 41.3 Å². The number of anilines is 1. The number of amides is 2. The van der Waals surface area contributed by atoms with Gasteiger partial charge < -0.3 is 25.0 Å². The number of nitrogens with zero attached hydrogens (tertiary/aromatic N) is 4. The molecule has 0 saturated heterocycles. The van der Waals surface area contributed by atoms with E-state index < -0.39 is 18.8 Å². The largest absolute Gasteiger partial charge is 0.492 e. The summed E-state index contributed by atoms with van der Waals surface area (Å²) >= 11 is 0. The molecule has 6 bridgehead atoms. The molecule has 0 fully saturated rings. The lowest BCUT2D eigenvalue weighted by atomic mass is 10.1. The number of halogens is 3. The van der Waals surface area contributed by atoms with E-state index in [-0.39, 0.29) is 36.6 Å². The third-order valence-corrected chi connectivity index (χ3v) is 6.40. The molecule has 4 aliphatic rings. The Balaban J connectivity index is 1.54. The predicted molar refractivity (Wildman–Crippen MR) is 148 cm³/mol. The highest BCUT2D eigenvalue weighted by Gasteiger charge is 2.29. The summed E-state index contributed by atoms with van der Waals surface area (Å²) in [5.41, 5.74) is 2.07. The van der Waals surface area contributed by atoms with E-state index in [9.17, 15) is 22.8 Å². The highest BCUT2D eigenvalue weighted by atomic mass is 19.4. The molecule has 0 atom stereocenters. The highest BCUT2D eigenvalue weighted by molar-refractivity contribution is 5.94. The van der Waals surface area contributed by atoms with Crippen molar-refractivity contribution in [2.24, 2.45) is 0 Å². The second kappa shape index (κ2) is 14.5. The number of aromatic nitrogens is 3. The molecule has 2 amide bonds. The van der Waals surface area contributed by atoms with E-state index in [1.807, 2.05) is 19.1 Å². The zero-order chi connectivity index (χ0) is 30.0.